The Hall–Kier alpha value is -3.32. The van der Waals surface area contributed by atoms with E-state index in [1.54, 1.807) is 0 Å². The van der Waals surface area contributed by atoms with Crippen molar-refractivity contribution in [3.05, 3.63) is 18.2 Å². The summed E-state index contributed by atoms with van der Waals surface area (Å²) in [7, 11) is 0. The van der Waals surface area contributed by atoms with Crippen LogP contribution in [0.4, 0.5) is 0 Å². The van der Waals surface area contributed by atoms with Gasteiger partial charge in [-0.3, -0.25) is 19.2 Å². The van der Waals surface area contributed by atoms with Gasteiger partial charge >= 0.3 is 0 Å². The van der Waals surface area contributed by atoms with Gasteiger partial charge in [0.15, 0.2) is 0 Å². The number of H-pyrrole nitrogens is 1. The Morgan fingerprint density at radius 1 is 1.16 bits per heavy atom. The summed E-state index contributed by atoms with van der Waals surface area (Å²) in [6.45, 7) is 4.14. The first-order chi connectivity index (χ1) is 17.7. The van der Waals surface area contributed by atoms with E-state index in [4.69, 9.17) is 11.5 Å². The van der Waals surface area contributed by atoms with Crippen LogP contribution in [0.1, 0.15) is 51.6 Å². The number of carbonyl (C=O) groups excluding carboxylic acids is 5. The van der Waals surface area contributed by atoms with Gasteiger partial charge < -0.3 is 42.1 Å². The van der Waals surface area contributed by atoms with Crippen molar-refractivity contribution in [2.24, 2.45) is 17.4 Å². The average molecular weight is 521 g/mol. The van der Waals surface area contributed by atoms with Gasteiger partial charge in [0.25, 0.3) is 0 Å². The van der Waals surface area contributed by atoms with Crippen LogP contribution in [0.2, 0.25) is 0 Å². The number of rotatable bonds is 15. The molecule has 0 radical (unpaired) electrons. The molecule has 1 aromatic rings. The molecule has 0 spiro atoms. The van der Waals surface area contributed by atoms with Gasteiger partial charge in [0.05, 0.1) is 18.9 Å². The molecule has 1 aliphatic rings. The van der Waals surface area contributed by atoms with Gasteiger partial charge in [-0.15, -0.1) is 0 Å². The normalized spacial score (nSPS) is 17.6. The predicted octanol–water partition coefficient (Wildman–Crippen LogP) is -1.66. The molecule has 1 aliphatic heterocycles. The Morgan fingerprint density at radius 3 is 2.51 bits per heavy atom. The molecule has 37 heavy (non-hydrogen) atoms. The molecule has 13 heteroatoms. The minimum Gasteiger partial charge on any atom is -0.348 e. The minimum absolute atomic E-state index is 0.0918. The van der Waals surface area contributed by atoms with Gasteiger partial charge in [0, 0.05) is 24.9 Å². The highest BCUT2D eigenvalue weighted by Gasteiger charge is 2.39. The molecular formula is C24H40N8O5. The largest absolute Gasteiger partial charge is 0.348 e. The molecular weight excluding hydrogens is 480 g/mol. The fourth-order valence-electron chi connectivity index (χ4n) is 4.22. The number of nitrogens with two attached hydrogens (primary N) is 2. The van der Waals surface area contributed by atoms with Gasteiger partial charge in [-0.1, -0.05) is 13.8 Å². The fourth-order valence-corrected chi connectivity index (χ4v) is 4.22. The number of nitrogens with zero attached hydrogens (tertiary/aromatic N) is 2. The molecule has 4 amide bonds. The number of hydrogen-bond donors (Lipinski definition) is 6. The lowest BCUT2D eigenvalue weighted by Gasteiger charge is -2.30. The van der Waals surface area contributed by atoms with Crippen LogP contribution in [-0.2, 0) is 30.4 Å². The SMILES string of the molecule is CC(C)[C@@H](C=O)NC(=O)[C@@H]1CCCN1C(=O)[C@H](CCCCN)NC(=O)[C@H](Cc1cnc[nH]1)NC(=O)CN. The quantitative estimate of drug-likeness (QED) is 0.116. The number of likely N-dealkylation sites (tertiary alicyclic amines) is 1. The first-order valence-electron chi connectivity index (χ1n) is 12.7. The van der Waals surface area contributed by atoms with Crippen molar-refractivity contribution in [3.8, 4) is 0 Å². The van der Waals surface area contributed by atoms with Gasteiger partial charge in [0.2, 0.25) is 23.6 Å². The second kappa shape index (κ2) is 15.1. The molecule has 0 saturated carbocycles. The van der Waals surface area contributed by atoms with Gasteiger partial charge in [-0.2, -0.15) is 0 Å². The molecule has 2 rings (SSSR count). The number of amides is 4. The Morgan fingerprint density at radius 2 is 1.92 bits per heavy atom. The lowest BCUT2D eigenvalue weighted by Crippen LogP contribution is -2.58. The standard InChI is InChI=1S/C24H40N8O5/c1-15(2)19(13-33)31-23(36)20-7-5-9-32(20)24(37)17(6-3-4-8-25)30-22(35)18(29-21(34)11-26)10-16-12-27-14-28-16/h12-15,17-20H,3-11,25-26H2,1-2H3,(H,27,28)(H,29,34)(H,30,35)(H,31,36)/t17-,18-,19+,20-/m0/s1. The van der Waals surface area contributed by atoms with E-state index in [1.165, 1.54) is 17.4 Å². The van der Waals surface area contributed by atoms with E-state index in [1.807, 2.05) is 13.8 Å². The number of unbranched alkanes of at least 4 members (excludes halogenated alkanes) is 1. The summed E-state index contributed by atoms with van der Waals surface area (Å²) in [4.78, 5) is 71.4. The summed E-state index contributed by atoms with van der Waals surface area (Å²) in [6, 6.07) is -3.29. The van der Waals surface area contributed by atoms with Crippen LogP contribution in [0.15, 0.2) is 12.5 Å². The smallest absolute Gasteiger partial charge is 0.245 e. The summed E-state index contributed by atoms with van der Waals surface area (Å²) in [6.07, 6.45) is 6.44. The number of carbonyl (C=O) groups is 5. The lowest BCUT2D eigenvalue weighted by atomic mass is 10.0. The number of imidazole rings is 1. The van der Waals surface area contributed by atoms with E-state index >= 15 is 0 Å². The maximum atomic E-state index is 13.6. The van der Waals surface area contributed by atoms with Crippen molar-refractivity contribution in [2.75, 3.05) is 19.6 Å². The predicted molar refractivity (Wildman–Crippen MR) is 136 cm³/mol. The summed E-state index contributed by atoms with van der Waals surface area (Å²) < 4.78 is 0. The molecule has 1 saturated heterocycles. The maximum absolute atomic E-state index is 13.6. The van der Waals surface area contributed by atoms with E-state index in [0.29, 0.717) is 57.2 Å². The molecule has 1 fully saturated rings. The van der Waals surface area contributed by atoms with Crippen molar-refractivity contribution < 1.29 is 24.0 Å². The third-order valence-corrected chi connectivity index (χ3v) is 6.39. The number of aromatic nitrogens is 2. The van der Waals surface area contributed by atoms with Gasteiger partial charge in [-0.05, 0) is 44.6 Å². The summed E-state index contributed by atoms with van der Waals surface area (Å²) >= 11 is 0. The van der Waals surface area contributed by atoms with E-state index in [2.05, 4.69) is 25.9 Å². The Balaban J connectivity index is 2.19. The fraction of sp³-hybridized carbons (Fsp3) is 0.667. The van der Waals surface area contributed by atoms with Crippen LogP contribution in [0.3, 0.4) is 0 Å². The van der Waals surface area contributed by atoms with Crippen molar-refractivity contribution in [1.82, 2.24) is 30.8 Å². The summed E-state index contributed by atoms with van der Waals surface area (Å²) in [5, 5.41) is 8.08. The van der Waals surface area contributed by atoms with Crippen LogP contribution >= 0.6 is 0 Å². The summed E-state index contributed by atoms with van der Waals surface area (Å²) in [5.74, 6) is -1.94. The number of hydrogen-bond acceptors (Lipinski definition) is 8. The highest BCUT2D eigenvalue weighted by atomic mass is 16.2. The van der Waals surface area contributed by atoms with Crippen molar-refractivity contribution in [1.29, 1.82) is 0 Å². The third kappa shape index (κ3) is 8.93. The van der Waals surface area contributed by atoms with Crippen LogP contribution in [0.5, 0.6) is 0 Å². The maximum Gasteiger partial charge on any atom is 0.245 e. The van der Waals surface area contributed by atoms with Gasteiger partial charge in [-0.25, -0.2) is 4.98 Å². The highest BCUT2D eigenvalue weighted by Crippen LogP contribution is 2.20. The van der Waals surface area contributed by atoms with Crippen LogP contribution in [0, 0.1) is 5.92 Å². The number of aromatic amines is 1. The Labute approximate surface area is 216 Å². The van der Waals surface area contributed by atoms with Crippen molar-refractivity contribution >= 4 is 29.9 Å². The third-order valence-electron chi connectivity index (χ3n) is 6.39. The van der Waals surface area contributed by atoms with E-state index in [-0.39, 0.29) is 24.8 Å². The monoisotopic (exact) mass is 520 g/mol. The number of aldehydes is 1. The van der Waals surface area contributed by atoms with Crippen LogP contribution in [0.25, 0.3) is 0 Å². The summed E-state index contributed by atoms with van der Waals surface area (Å²) in [5.41, 5.74) is 11.7. The molecule has 0 unspecified atom stereocenters. The molecule has 0 aromatic carbocycles. The molecule has 0 aliphatic carbocycles. The number of nitrogens with one attached hydrogen (secondary N) is 4. The lowest BCUT2D eigenvalue weighted by molar-refractivity contribution is -0.142. The topological polar surface area (TPSA) is 205 Å². The second-order valence-corrected chi connectivity index (χ2v) is 9.55. The van der Waals surface area contributed by atoms with Crippen molar-refractivity contribution in [3.63, 3.8) is 0 Å². The second-order valence-electron chi connectivity index (χ2n) is 9.55. The molecule has 206 valence electrons. The molecule has 2 heterocycles. The molecule has 8 N–H and O–H groups in total. The zero-order valence-electron chi connectivity index (χ0n) is 21.6. The molecule has 4 atom stereocenters. The first kappa shape index (κ1) is 29.9. The zero-order valence-corrected chi connectivity index (χ0v) is 21.6. The highest BCUT2D eigenvalue weighted by molar-refractivity contribution is 5.95. The molecule has 13 nitrogen and oxygen atoms in total. The van der Waals surface area contributed by atoms with Crippen molar-refractivity contribution in [2.45, 2.75) is 76.5 Å². The Kier molecular flexibility index (Phi) is 12.2. The Bertz CT molecular complexity index is 907. The van der Waals surface area contributed by atoms with Gasteiger partial charge in [0.1, 0.15) is 24.4 Å². The first-order valence-corrected chi connectivity index (χ1v) is 12.7. The van der Waals surface area contributed by atoms with Crippen LogP contribution in [-0.4, -0.2) is 88.6 Å². The van der Waals surface area contributed by atoms with Crippen LogP contribution < -0.4 is 27.4 Å². The molecule has 0 bridgehead atoms. The molecule has 1 aromatic heterocycles. The zero-order chi connectivity index (χ0) is 27.4. The minimum atomic E-state index is -0.988. The van der Waals surface area contributed by atoms with E-state index < -0.39 is 41.9 Å². The van der Waals surface area contributed by atoms with E-state index in [9.17, 15) is 24.0 Å². The van der Waals surface area contributed by atoms with E-state index in [0.717, 1.165) is 0 Å². The average Bonchev–Trinajstić information content (AvgIpc) is 3.57.